The van der Waals surface area contributed by atoms with Gasteiger partial charge < -0.3 is 10.2 Å². The van der Waals surface area contributed by atoms with Crippen LogP contribution in [0.3, 0.4) is 0 Å². The summed E-state index contributed by atoms with van der Waals surface area (Å²) in [7, 11) is -1.06. The van der Waals surface area contributed by atoms with Crippen molar-refractivity contribution in [3.05, 3.63) is 0 Å². The highest BCUT2D eigenvalue weighted by molar-refractivity contribution is 14.0. The smallest absolute Gasteiger partial charge is 0.211 e. The second-order valence-corrected chi connectivity index (χ2v) is 7.10. The van der Waals surface area contributed by atoms with Gasteiger partial charge in [0, 0.05) is 39.8 Å². The van der Waals surface area contributed by atoms with Crippen molar-refractivity contribution >= 4 is 40.0 Å². The van der Waals surface area contributed by atoms with E-state index in [1.54, 1.807) is 0 Å². The molecule has 0 aromatic carbocycles. The van der Waals surface area contributed by atoms with E-state index in [1.165, 1.54) is 10.6 Å². The standard InChI is InChI=1S/C14H32N4O2S.HI/c1-6-9-12-17(4)14(15-7-2)16-11-10-13-18(8-3)21(5,19)20;/h6-13H2,1-5H3,(H,15,16);1H. The molecule has 0 aromatic rings. The first-order valence-electron chi connectivity index (χ1n) is 7.81. The van der Waals surface area contributed by atoms with E-state index in [4.69, 9.17) is 0 Å². The Bertz CT molecular complexity index is 402. The first-order valence-corrected chi connectivity index (χ1v) is 9.66. The predicted octanol–water partition coefficient (Wildman–Crippen LogP) is 1.97. The molecule has 0 atom stereocenters. The van der Waals surface area contributed by atoms with Crippen LogP contribution in [0.5, 0.6) is 0 Å². The number of guanidine groups is 1. The number of nitrogens with zero attached hydrogens (tertiary/aromatic N) is 3. The van der Waals surface area contributed by atoms with Gasteiger partial charge in [0.15, 0.2) is 5.96 Å². The van der Waals surface area contributed by atoms with Gasteiger partial charge in [-0.3, -0.25) is 4.99 Å². The number of rotatable bonds is 10. The van der Waals surface area contributed by atoms with E-state index in [2.05, 4.69) is 22.1 Å². The summed E-state index contributed by atoms with van der Waals surface area (Å²) in [5.41, 5.74) is 0. The molecule has 134 valence electrons. The fourth-order valence-electron chi connectivity index (χ4n) is 1.96. The van der Waals surface area contributed by atoms with Crippen LogP contribution in [0.25, 0.3) is 0 Å². The van der Waals surface area contributed by atoms with Crippen molar-refractivity contribution in [2.45, 2.75) is 40.0 Å². The Hall–Kier alpha value is -0.0900. The summed E-state index contributed by atoms with van der Waals surface area (Å²) in [5.74, 6) is 0.897. The molecular weight excluding hydrogens is 415 g/mol. The molecule has 0 unspecified atom stereocenters. The molecule has 0 aliphatic rings. The third-order valence-electron chi connectivity index (χ3n) is 3.19. The zero-order chi connectivity index (χ0) is 16.3. The lowest BCUT2D eigenvalue weighted by molar-refractivity contribution is 0.425. The van der Waals surface area contributed by atoms with Crippen molar-refractivity contribution in [1.29, 1.82) is 0 Å². The maximum absolute atomic E-state index is 11.5. The fraction of sp³-hybridized carbons (Fsp3) is 0.929. The zero-order valence-electron chi connectivity index (χ0n) is 14.6. The molecule has 0 fully saturated rings. The molecule has 6 nitrogen and oxygen atoms in total. The van der Waals surface area contributed by atoms with Crippen molar-refractivity contribution < 1.29 is 8.42 Å². The third-order valence-corrected chi connectivity index (χ3v) is 4.57. The Labute approximate surface area is 153 Å². The molecule has 0 saturated heterocycles. The van der Waals surface area contributed by atoms with Gasteiger partial charge in [-0.05, 0) is 19.8 Å². The van der Waals surface area contributed by atoms with Crippen molar-refractivity contribution in [1.82, 2.24) is 14.5 Å². The lowest BCUT2D eigenvalue weighted by Gasteiger charge is -2.22. The molecule has 22 heavy (non-hydrogen) atoms. The first kappa shape index (κ1) is 24.2. The molecule has 0 aliphatic heterocycles. The summed E-state index contributed by atoms with van der Waals surface area (Å²) in [4.78, 5) is 6.69. The van der Waals surface area contributed by atoms with Gasteiger partial charge in [-0.2, -0.15) is 0 Å². The zero-order valence-corrected chi connectivity index (χ0v) is 17.8. The fourth-order valence-corrected chi connectivity index (χ4v) is 2.89. The van der Waals surface area contributed by atoms with Gasteiger partial charge in [-0.1, -0.05) is 20.3 Å². The molecule has 0 amide bonds. The van der Waals surface area contributed by atoms with E-state index in [0.29, 0.717) is 19.6 Å². The number of halogens is 1. The van der Waals surface area contributed by atoms with E-state index < -0.39 is 10.0 Å². The number of hydrogen-bond acceptors (Lipinski definition) is 3. The second kappa shape index (κ2) is 13.4. The van der Waals surface area contributed by atoms with Crippen LogP contribution in [0.2, 0.25) is 0 Å². The number of sulfonamides is 1. The highest BCUT2D eigenvalue weighted by Gasteiger charge is 2.13. The average Bonchev–Trinajstić information content (AvgIpc) is 2.42. The van der Waals surface area contributed by atoms with Crippen LogP contribution in [0, 0.1) is 0 Å². The molecule has 8 heteroatoms. The normalized spacial score (nSPS) is 12.2. The quantitative estimate of drug-likeness (QED) is 0.240. The van der Waals surface area contributed by atoms with E-state index in [0.717, 1.165) is 38.3 Å². The van der Waals surface area contributed by atoms with E-state index in [1.807, 2.05) is 20.9 Å². The van der Waals surface area contributed by atoms with Gasteiger partial charge in [0.2, 0.25) is 10.0 Å². The van der Waals surface area contributed by atoms with Gasteiger partial charge >= 0.3 is 0 Å². The molecule has 0 heterocycles. The maximum Gasteiger partial charge on any atom is 0.211 e. The van der Waals surface area contributed by atoms with Crippen LogP contribution in [0.1, 0.15) is 40.0 Å². The van der Waals surface area contributed by atoms with Crippen molar-refractivity contribution in [3.8, 4) is 0 Å². The summed E-state index contributed by atoms with van der Waals surface area (Å²) in [6, 6.07) is 0. The van der Waals surface area contributed by atoms with Gasteiger partial charge in [-0.15, -0.1) is 24.0 Å². The summed E-state index contributed by atoms with van der Waals surface area (Å²) in [6.07, 6.45) is 4.28. The second-order valence-electron chi connectivity index (χ2n) is 5.12. The van der Waals surface area contributed by atoms with Crippen LogP contribution in [-0.4, -0.2) is 69.6 Å². The topological polar surface area (TPSA) is 65.0 Å². The van der Waals surface area contributed by atoms with Crippen LogP contribution in [-0.2, 0) is 10.0 Å². The third kappa shape index (κ3) is 10.6. The number of hydrogen-bond donors (Lipinski definition) is 1. The molecule has 0 bridgehead atoms. The Balaban J connectivity index is 0. The lowest BCUT2D eigenvalue weighted by Crippen LogP contribution is -2.39. The molecule has 0 aromatic heterocycles. The summed E-state index contributed by atoms with van der Waals surface area (Å²) in [5, 5.41) is 3.27. The molecule has 0 radical (unpaired) electrons. The van der Waals surface area contributed by atoms with E-state index >= 15 is 0 Å². The molecule has 0 saturated carbocycles. The Morgan fingerprint density at radius 2 is 1.77 bits per heavy atom. The van der Waals surface area contributed by atoms with E-state index in [9.17, 15) is 8.42 Å². The van der Waals surface area contributed by atoms with Gasteiger partial charge in [0.25, 0.3) is 0 Å². The lowest BCUT2D eigenvalue weighted by atomic mass is 10.3. The molecular formula is C14H33IN4O2S. The van der Waals surface area contributed by atoms with Crippen LogP contribution >= 0.6 is 24.0 Å². The number of nitrogens with one attached hydrogen (secondary N) is 1. The summed E-state index contributed by atoms with van der Waals surface area (Å²) < 4.78 is 24.5. The van der Waals surface area contributed by atoms with Crippen molar-refractivity contribution in [2.75, 3.05) is 46.0 Å². The maximum atomic E-state index is 11.5. The SMILES string of the molecule is CCCCN(C)C(=NCCCN(CC)S(C)(=O)=O)NCC.I. The van der Waals surface area contributed by atoms with Crippen molar-refractivity contribution in [3.63, 3.8) is 0 Å². The highest BCUT2D eigenvalue weighted by Crippen LogP contribution is 2.00. The summed E-state index contributed by atoms with van der Waals surface area (Å²) in [6.45, 7) is 9.55. The first-order chi connectivity index (χ1) is 9.86. The Morgan fingerprint density at radius 3 is 2.23 bits per heavy atom. The van der Waals surface area contributed by atoms with Crippen LogP contribution < -0.4 is 5.32 Å². The molecule has 1 N–H and O–H groups in total. The van der Waals surface area contributed by atoms with Gasteiger partial charge in [-0.25, -0.2) is 12.7 Å². The molecule has 0 rings (SSSR count). The minimum Gasteiger partial charge on any atom is -0.357 e. The Morgan fingerprint density at radius 1 is 1.14 bits per heavy atom. The van der Waals surface area contributed by atoms with E-state index in [-0.39, 0.29) is 24.0 Å². The predicted molar refractivity (Wildman–Crippen MR) is 106 cm³/mol. The highest BCUT2D eigenvalue weighted by atomic mass is 127. The Kier molecular flexibility index (Phi) is 14.7. The van der Waals surface area contributed by atoms with Gasteiger partial charge in [0.05, 0.1) is 6.26 Å². The van der Waals surface area contributed by atoms with Crippen LogP contribution in [0.4, 0.5) is 0 Å². The van der Waals surface area contributed by atoms with Crippen molar-refractivity contribution in [2.24, 2.45) is 4.99 Å². The van der Waals surface area contributed by atoms with Crippen LogP contribution in [0.15, 0.2) is 4.99 Å². The minimum absolute atomic E-state index is 0. The number of aliphatic imine (C=N–C) groups is 1. The average molecular weight is 448 g/mol. The largest absolute Gasteiger partial charge is 0.357 e. The molecule has 0 spiro atoms. The monoisotopic (exact) mass is 448 g/mol. The summed E-state index contributed by atoms with van der Waals surface area (Å²) >= 11 is 0. The van der Waals surface area contributed by atoms with Gasteiger partial charge in [0.1, 0.15) is 0 Å². The minimum atomic E-state index is -3.10. The molecule has 0 aliphatic carbocycles. The number of unbranched alkanes of at least 4 members (excludes halogenated alkanes) is 1.